The molecule has 0 unspecified atom stereocenters. The summed E-state index contributed by atoms with van der Waals surface area (Å²) in [6.07, 6.45) is 3.15. The highest BCUT2D eigenvalue weighted by atomic mass is 35.5. The molecule has 1 heterocycles. The first-order chi connectivity index (χ1) is 11.1. The minimum absolute atomic E-state index is 0.0433. The smallest absolute Gasteiger partial charge is 0.267 e. The van der Waals surface area contributed by atoms with Crippen LogP contribution < -0.4 is 5.43 Å². The van der Waals surface area contributed by atoms with Gasteiger partial charge in [-0.15, -0.1) is 0 Å². The Hall–Kier alpha value is -1.15. The van der Waals surface area contributed by atoms with Gasteiger partial charge in [0.1, 0.15) is 0 Å². The van der Waals surface area contributed by atoms with E-state index in [4.69, 9.17) is 11.6 Å². The number of hydrazine groups is 1. The number of halogens is 1. The van der Waals surface area contributed by atoms with Gasteiger partial charge < -0.3 is 0 Å². The maximum absolute atomic E-state index is 12.6. The van der Waals surface area contributed by atoms with E-state index in [1.165, 1.54) is 32.3 Å². The van der Waals surface area contributed by atoms with E-state index in [0.717, 1.165) is 23.6 Å². The second-order valence-corrected chi connectivity index (χ2v) is 8.97. The van der Waals surface area contributed by atoms with E-state index in [9.17, 15) is 13.2 Å². The third-order valence-electron chi connectivity index (χ3n) is 4.39. The standard InChI is InChI=1S/C16H24ClN3O3S/c1-11-6-5-7-12(2)20(11)18-16(21)14-10-13(8-9-15(14)17)24(22,23)19(3)4/h8-12H,5-7H2,1-4H3,(H,18,21)/t11-,12-/m0/s1. The molecule has 1 N–H and O–H groups in total. The van der Waals surface area contributed by atoms with Gasteiger partial charge in [-0.1, -0.05) is 18.0 Å². The largest absolute Gasteiger partial charge is 0.284 e. The first-order valence-electron chi connectivity index (χ1n) is 7.96. The topological polar surface area (TPSA) is 69.7 Å². The molecule has 0 spiro atoms. The number of amides is 1. The average Bonchev–Trinajstić information content (AvgIpc) is 2.51. The van der Waals surface area contributed by atoms with Gasteiger partial charge in [-0.05, 0) is 44.9 Å². The molecule has 1 aliphatic heterocycles. The van der Waals surface area contributed by atoms with E-state index < -0.39 is 15.9 Å². The molecule has 6 nitrogen and oxygen atoms in total. The summed E-state index contributed by atoms with van der Waals surface area (Å²) in [4.78, 5) is 12.7. The number of carbonyl (C=O) groups is 1. The lowest BCUT2D eigenvalue weighted by Gasteiger charge is -2.38. The fourth-order valence-corrected chi connectivity index (χ4v) is 4.00. The Kier molecular flexibility index (Phi) is 5.91. The lowest BCUT2D eigenvalue weighted by atomic mass is 10.00. The number of hydrogen-bond donors (Lipinski definition) is 1. The second kappa shape index (κ2) is 7.39. The van der Waals surface area contributed by atoms with E-state index >= 15 is 0 Å². The maximum atomic E-state index is 12.6. The van der Waals surface area contributed by atoms with E-state index in [1.807, 2.05) is 5.01 Å². The molecule has 1 aromatic rings. The zero-order chi connectivity index (χ0) is 18.1. The number of hydrogen-bond acceptors (Lipinski definition) is 4. The molecule has 0 aliphatic carbocycles. The van der Waals surface area contributed by atoms with Gasteiger partial charge in [0.15, 0.2) is 0 Å². The van der Waals surface area contributed by atoms with Crippen LogP contribution in [0.3, 0.4) is 0 Å². The fourth-order valence-electron chi connectivity index (χ4n) is 2.87. The van der Waals surface area contributed by atoms with Gasteiger partial charge in [-0.3, -0.25) is 10.2 Å². The van der Waals surface area contributed by atoms with Crippen molar-refractivity contribution in [3.63, 3.8) is 0 Å². The minimum Gasteiger partial charge on any atom is -0.284 e. The van der Waals surface area contributed by atoms with Gasteiger partial charge in [-0.25, -0.2) is 17.7 Å². The zero-order valence-corrected chi connectivity index (χ0v) is 16.0. The van der Waals surface area contributed by atoms with Crippen LogP contribution in [0.4, 0.5) is 0 Å². The minimum atomic E-state index is -3.62. The third kappa shape index (κ3) is 3.91. The van der Waals surface area contributed by atoms with Crippen molar-refractivity contribution in [1.29, 1.82) is 0 Å². The quantitative estimate of drug-likeness (QED) is 0.880. The molecule has 0 bridgehead atoms. The molecule has 24 heavy (non-hydrogen) atoms. The molecule has 1 amide bonds. The summed E-state index contributed by atoms with van der Waals surface area (Å²) in [5.74, 6) is -0.392. The summed E-state index contributed by atoms with van der Waals surface area (Å²) < 4.78 is 25.6. The number of nitrogens with zero attached hydrogens (tertiary/aromatic N) is 2. The highest BCUT2D eigenvalue weighted by molar-refractivity contribution is 7.89. The highest BCUT2D eigenvalue weighted by Crippen LogP contribution is 2.24. The predicted octanol–water partition coefficient (Wildman–Crippen LogP) is 2.50. The van der Waals surface area contributed by atoms with Crippen LogP contribution in [0.1, 0.15) is 43.5 Å². The summed E-state index contributed by atoms with van der Waals surface area (Å²) in [7, 11) is -0.733. The van der Waals surface area contributed by atoms with E-state index in [1.54, 1.807) is 0 Å². The SMILES string of the molecule is C[C@H]1CCC[C@H](C)N1NC(=O)c1cc(S(=O)(=O)N(C)C)ccc1Cl. The van der Waals surface area contributed by atoms with Gasteiger partial charge in [0.2, 0.25) is 10.0 Å². The van der Waals surface area contributed by atoms with Crippen LogP contribution in [0.2, 0.25) is 5.02 Å². The van der Waals surface area contributed by atoms with Crippen LogP contribution in [-0.2, 0) is 10.0 Å². The van der Waals surface area contributed by atoms with E-state index in [2.05, 4.69) is 19.3 Å². The molecule has 134 valence electrons. The van der Waals surface area contributed by atoms with E-state index in [-0.39, 0.29) is 27.6 Å². The first-order valence-corrected chi connectivity index (χ1v) is 9.77. The molecule has 1 saturated heterocycles. The van der Waals surface area contributed by atoms with Gasteiger partial charge in [0.05, 0.1) is 15.5 Å². The summed E-state index contributed by atoms with van der Waals surface area (Å²) in [5.41, 5.74) is 3.04. The Bertz CT molecular complexity index is 711. The lowest BCUT2D eigenvalue weighted by molar-refractivity contribution is 0.0369. The molecule has 0 saturated carbocycles. The predicted molar refractivity (Wildman–Crippen MR) is 94.4 cm³/mol. The van der Waals surface area contributed by atoms with Crippen LogP contribution in [-0.4, -0.2) is 49.8 Å². The Labute approximate surface area is 148 Å². The van der Waals surface area contributed by atoms with Crippen molar-refractivity contribution in [3.8, 4) is 0 Å². The van der Waals surface area contributed by atoms with Gasteiger partial charge in [0.25, 0.3) is 5.91 Å². The Morgan fingerprint density at radius 3 is 2.38 bits per heavy atom. The van der Waals surface area contributed by atoms with Crippen LogP contribution in [0.15, 0.2) is 23.1 Å². The van der Waals surface area contributed by atoms with Crippen molar-refractivity contribution in [2.45, 2.75) is 50.1 Å². The molecular formula is C16H24ClN3O3S. The molecule has 1 aromatic carbocycles. The number of benzene rings is 1. The number of nitrogens with one attached hydrogen (secondary N) is 1. The summed E-state index contributed by atoms with van der Waals surface area (Å²) in [6, 6.07) is 4.62. The average molecular weight is 374 g/mol. The van der Waals surface area contributed by atoms with Crippen LogP contribution >= 0.6 is 11.6 Å². The molecule has 2 atom stereocenters. The number of piperidine rings is 1. The number of rotatable bonds is 4. The number of carbonyl (C=O) groups excluding carboxylic acids is 1. The monoisotopic (exact) mass is 373 g/mol. The third-order valence-corrected chi connectivity index (χ3v) is 6.53. The van der Waals surface area contributed by atoms with Gasteiger partial charge in [-0.2, -0.15) is 0 Å². The molecule has 8 heteroatoms. The summed E-state index contributed by atoms with van der Waals surface area (Å²) in [6.45, 7) is 4.12. The van der Waals surface area contributed by atoms with Crippen LogP contribution in [0.25, 0.3) is 0 Å². The number of sulfonamides is 1. The Balaban J connectivity index is 2.29. The maximum Gasteiger partial charge on any atom is 0.267 e. The lowest BCUT2D eigenvalue weighted by Crippen LogP contribution is -2.54. The van der Waals surface area contributed by atoms with Crippen molar-refractivity contribution in [2.24, 2.45) is 0 Å². The van der Waals surface area contributed by atoms with Crippen molar-refractivity contribution in [2.75, 3.05) is 14.1 Å². The molecular weight excluding hydrogens is 350 g/mol. The normalized spacial score (nSPS) is 22.6. The Morgan fingerprint density at radius 2 is 1.83 bits per heavy atom. The second-order valence-electron chi connectivity index (χ2n) is 6.41. The molecule has 1 fully saturated rings. The van der Waals surface area contributed by atoms with E-state index in [0.29, 0.717) is 0 Å². The van der Waals surface area contributed by atoms with Crippen molar-refractivity contribution < 1.29 is 13.2 Å². The van der Waals surface area contributed by atoms with Crippen molar-refractivity contribution in [3.05, 3.63) is 28.8 Å². The molecule has 1 aliphatic rings. The fraction of sp³-hybridized carbons (Fsp3) is 0.562. The molecule has 0 aromatic heterocycles. The zero-order valence-electron chi connectivity index (χ0n) is 14.4. The van der Waals surface area contributed by atoms with Crippen LogP contribution in [0.5, 0.6) is 0 Å². The van der Waals surface area contributed by atoms with Crippen molar-refractivity contribution in [1.82, 2.24) is 14.7 Å². The molecule has 2 rings (SSSR count). The van der Waals surface area contributed by atoms with Crippen molar-refractivity contribution >= 4 is 27.5 Å². The van der Waals surface area contributed by atoms with Gasteiger partial charge >= 0.3 is 0 Å². The first kappa shape index (κ1) is 19.2. The van der Waals surface area contributed by atoms with Crippen LogP contribution in [0, 0.1) is 0 Å². The highest BCUT2D eigenvalue weighted by Gasteiger charge is 2.28. The Morgan fingerprint density at radius 1 is 1.25 bits per heavy atom. The summed E-state index contributed by atoms with van der Waals surface area (Å²) >= 11 is 6.12. The summed E-state index contributed by atoms with van der Waals surface area (Å²) in [5, 5.41) is 2.15. The molecule has 0 radical (unpaired) electrons. The van der Waals surface area contributed by atoms with Gasteiger partial charge in [0, 0.05) is 26.2 Å².